The van der Waals surface area contributed by atoms with Gasteiger partial charge in [0.1, 0.15) is 18.8 Å². The van der Waals surface area contributed by atoms with Crippen LogP contribution in [0.2, 0.25) is 0 Å². The summed E-state index contributed by atoms with van der Waals surface area (Å²) in [7, 11) is 0. The number of aromatic nitrogens is 1. The summed E-state index contributed by atoms with van der Waals surface area (Å²) in [6, 6.07) is 4.14. The molecule has 0 atom stereocenters. The molecule has 0 bridgehead atoms. The Morgan fingerprint density at radius 3 is 3.33 bits per heavy atom. The molecule has 0 spiro atoms. The zero-order valence-electron chi connectivity index (χ0n) is 5.17. The summed E-state index contributed by atoms with van der Waals surface area (Å²) in [6.45, 7) is 2.18. The Morgan fingerprint density at radius 1 is 1.44 bits per heavy atom. The predicted octanol–water partition coefficient (Wildman–Crippen LogP) is -0.341. The van der Waals surface area contributed by atoms with Gasteiger partial charge in [0.15, 0.2) is 0 Å². The Bertz CT molecular complexity index is 197. The minimum Gasteiger partial charge on any atom is -0.337 e. The second kappa shape index (κ2) is 1.81. The van der Waals surface area contributed by atoms with E-state index >= 15 is 0 Å². The maximum Gasteiger partial charge on any atom is 0.119 e. The van der Waals surface area contributed by atoms with Crippen LogP contribution < -0.4 is 5.32 Å². The largest absolute Gasteiger partial charge is 0.337 e. The number of nitrogens with zero attached hydrogens (tertiary/aromatic N) is 1. The minimum atomic E-state index is 1.07. The van der Waals surface area contributed by atoms with Gasteiger partial charge in [-0.1, -0.05) is 0 Å². The molecule has 2 heterocycles. The predicted molar refractivity (Wildman–Crippen MR) is 33.6 cm³/mol. The van der Waals surface area contributed by atoms with E-state index in [1.165, 1.54) is 11.3 Å². The molecule has 0 unspecified atom stereocenters. The van der Waals surface area contributed by atoms with Crippen LogP contribution in [-0.4, -0.2) is 4.98 Å². The van der Waals surface area contributed by atoms with E-state index in [1.807, 2.05) is 12.3 Å². The molecule has 0 aromatic carbocycles. The third-order valence-corrected chi connectivity index (χ3v) is 1.69. The van der Waals surface area contributed by atoms with Crippen molar-refractivity contribution in [2.24, 2.45) is 0 Å². The highest BCUT2D eigenvalue weighted by Crippen LogP contribution is 2.04. The molecule has 0 radical (unpaired) electrons. The van der Waals surface area contributed by atoms with Crippen LogP contribution in [0.3, 0.4) is 0 Å². The third-order valence-electron chi connectivity index (χ3n) is 1.69. The average Bonchev–Trinajstić information content (AvgIpc) is 2.33. The van der Waals surface area contributed by atoms with Gasteiger partial charge in [-0.05, 0) is 12.1 Å². The summed E-state index contributed by atoms with van der Waals surface area (Å²) < 4.78 is 0. The molecule has 0 amide bonds. The van der Waals surface area contributed by atoms with Crippen LogP contribution in [0.15, 0.2) is 18.3 Å². The summed E-state index contributed by atoms with van der Waals surface area (Å²) >= 11 is 0. The van der Waals surface area contributed by atoms with Crippen molar-refractivity contribution >= 4 is 0 Å². The van der Waals surface area contributed by atoms with E-state index in [9.17, 15) is 0 Å². The van der Waals surface area contributed by atoms with Crippen molar-refractivity contribution in [1.82, 2.24) is 4.98 Å². The van der Waals surface area contributed by atoms with E-state index in [1.54, 1.807) is 0 Å². The molecule has 0 fully saturated rings. The first-order valence-corrected chi connectivity index (χ1v) is 3.21. The van der Waals surface area contributed by atoms with Gasteiger partial charge in [-0.2, -0.15) is 0 Å². The summed E-state index contributed by atoms with van der Waals surface area (Å²) in [5.74, 6) is 0. The van der Waals surface area contributed by atoms with Crippen LogP contribution in [-0.2, 0) is 13.1 Å². The van der Waals surface area contributed by atoms with Gasteiger partial charge in [-0.3, -0.25) is 4.98 Å². The number of hydrogen-bond donors (Lipinski definition) is 1. The molecule has 0 saturated heterocycles. The van der Waals surface area contributed by atoms with Crippen molar-refractivity contribution in [2.75, 3.05) is 0 Å². The molecule has 1 aliphatic heterocycles. The third kappa shape index (κ3) is 0.715. The zero-order valence-corrected chi connectivity index (χ0v) is 5.17. The Hall–Kier alpha value is -0.890. The molecule has 1 aromatic rings. The number of nitrogens with two attached hydrogens (primary N) is 1. The van der Waals surface area contributed by atoms with Crippen molar-refractivity contribution in [1.29, 1.82) is 0 Å². The molecular weight excluding hydrogens is 112 g/mol. The fourth-order valence-corrected chi connectivity index (χ4v) is 1.21. The zero-order chi connectivity index (χ0) is 6.10. The fourth-order valence-electron chi connectivity index (χ4n) is 1.21. The highest BCUT2D eigenvalue weighted by atomic mass is 14.9. The van der Waals surface area contributed by atoms with Gasteiger partial charge in [-0.25, -0.2) is 0 Å². The SMILES string of the molecule is c1cnc2c(c1)C[NH2+]C2. The lowest BCUT2D eigenvalue weighted by atomic mass is 10.2. The second-order valence-electron chi connectivity index (χ2n) is 2.31. The molecule has 0 saturated carbocycles. The summed E-state index contributed by atoms with van der Waals surface area (Å²) in [5.41, 5.74) is 2.66. The molecule has 2 N–H and O–H groups in total. The number of fused-ring (bicyclic) bond motifs is 1. The maximum absolute atomic E-state index is 4.23. The van der Waals surface area contributed by atoms with E-state index in [4.69, 9.17) is 0 Å². The standard InChI is InChI=1S/C7H8N2/c1-2-6-4-8-5-7(6)9-3-1/h1-3,8H,4-5H2/p+1. The molecule has 46 valence electrons. The highest BCUT2D eigenvalue weighted by Gasteiger charge is 2.12. The number of rotatable bonds is 0. The Labute approximate surface area is 53.9 Å². The molecular formula is C7H9N2+. The Kier molecular flexibility index (Phi) is 0.993. The van der Waals surface area contributed by atoms with Gasteiger partial charge in [0.05, 0.1) is 0 Å². The van der Waals surface area contributed by atoms with Crippen molar-refractivity contribution in [3.05, 3.63) is 29.6 Å². The lowest BCUT2D eigenvalue weighted by molar-refractivity contribution is -0.676. The van der Waals surface area contributed by atoms with E-state index in [2.05, 4.69) is 16.4 Å². The molecule has 1 aromatic heterocycles. The fraction of sp³-hybridized carbons (Fsp3) is 0.286. The van der Waals surface area contributed by atoms with E-state index in [0.29, 0.717) is 0 Å². The molecule has 2 heteroatoms. The van der Waals surface area contributed by atoms with E-state index in [-0.39, 0.29) is 0 Å². The Morgan fingerprint density at radius 2 is 2.44 bits per heavy atom. The quantitative estimate of drug-likeness (QED) is 0.500. The molecule has 9 heavy (non-hydrogen) atoms. The maximum atomic E-state index is 4.23. The Balaban J connectivity index is 2.54. The van der Waals surface area contributed by atoms with Crippen molar-refractivity contribution in [2.45, 2.75) is 13.1 Å². The van der Waals surface area contributed by atoms with Gasteiger partial charge in [0.25, 0.3) is 0 Å². The molecule has 0 aliphatic carbocycles. The summed E-state index contributed by atoms with van der Waals surface area (Å²) in [4.78, 5) is 4.23. The van der Waals surface area contributed by atoms with Gasteiger partial charge >= 0.3 is 0 Å². The normalized spacial score (nSPS) is 15.6. The number of quaternary nitrogens is 1. The first-order chi connectivity index (χ1) is 4.47. The van der Waals surface area contributed by atoms with Crippen LogP contribution >= 0.6 is 0 Å². The molecule has 2 nitrogen and oxygen atoms in total. The summed E-state index contributed by atoms with van der Waals surface area (Å²) in [6.07, 6.45) is 1.86. The monoisotopic (exact) mass is 121 g/mol. The lowest BCUT2D eigenvalue weighted by Gasteiger charge is -1.87. The van der Waals surface area contributed by atoms with Crippen molar-refractivity contribution < 1.29 is 5.32 Å². The smallest absolute Gasteiger partial charge is 0.119 e. The van der Waals surface area contributed by atoms with E-state index in [0.717, 1.165) is 13.1 Å². The lowest BCUT2D eigenvalue weighted by Crippen LogP contribution is -2.77. The minimum absolute atomic E-state index is 1.07. The van der Waals surface area contributed by atoms with Gasteiger partial charge in [0, 0.05) is 11.8 Å². The highest BCUT2D eigenvalue weighted by molar-refractivity contribution is 5.19. The first kappa shape index (κ1) is 4.94. The van der Waals surface area contributed by atoms with Gasteiger partial charge < -0.3 is 5.32 Å². The van der Waals surface area contributed by atoms with Crippen molar-refractivity contribution in [3.63, 3.8) is 0 Å². The van der Waals surface area contributed by atoms with Crippen molar-refractivity contribution in [3.8, 4) is 0 Å². The number of hydrogen-bond acceptors (Lipinski definition) is 1. The van der Waals surface area contributed by atoms with Crippen LogP contribution in [0.5, 0.6) is 0 Å². The summed E-state index contributed by atoms with van der Waals surface area (Å²) in [5, 5.41) is 2.26. The van der Waals surface area contributed by atoms with Crippen LogP contribution in [0.1, 0.15) is 11.3 Å². The second-order valence-corrected chi connectivity index (χ2v) is 2.31. The van der Waals surface area contributed by atoms with Crippen LogP contribution in [0.25, 0.3) is 0 Å². The van der Waals surface area contributed by atoms with Gasteiger partial charge in [0.2, 0.25) is 0 Å². The van der Waals surface area contributed by atoms with E-state index < -0.39 is 0 Å². The first-order valence-electron chi connectivity index (χ1n) is 3.21. The van der Waals surface area contributed by atoms with Crippen LogP contribution in [0.4, 0.5) is 0 Å². The molecule has 1 aliphatic rings. The topological polar surface area (TPSA) is 29.5 Å². The van der Waals surface area contributed by atoms with Crippen LogP contribution in [0, 0.1) is 0 Å². The van der Waals surface area contributed by atoms with Gasteiger partial charge in [-0.15, -0.1) is 0 Å². The number of pyridine rings is 1. The molecule has 2 rings (SSSR count). The average molecular weight is 121 g/mol.